The number of aryl methyl sites for hydroxylation is 1. The molecule has 154 valence electrons. The Bertz CT molecular complexity index is 1120. The largest absolute Gasteiger partial charge is 0.291 e. The van der Waals surface area contributed by atoms with Crippen molar-refractivity contribution in [3.63, 3.8) is 0 Å². The average molecular weight is 420 g/mol. The van der Waals surface area contributed by atoms with Crippen molar-refractivity contribution in [2.45, 2.75) is 39.2 Å². The Morgan fingerprint density at radius 2 is 1.90 bits per heavy atom. The molecule has 0 aliphatic carbocycles. The zero-order valence-corrected chi connectivity index (χ0v) is 18.1. The molecular formula is C24H25N3O2S. The van der Waals surface area contributed by atoms with Gasteiger partial charge in [-0.05, 0) is 74.2 Å². The number of amides is 2. The summed E-state index contributed by atoms with van der Waals surface area (Å²) in [5.74, 6) is 0.385. The van der Waals surface area contributed by atoms with Crippen LogP contribution in [0.5, 0.6) is 0 Å². The van der Waals surface area contributed by atoms with E-state index in [9.17, 15) is 9.59 Å². The second-order valence-electron chi connectivity index (χ2n) is 8.57. The fourth-order valence-electron chi connectivity index (χ4n) is 4.59. The van der Waals surface area contributed by atoms with Crippen LogP contribution in [0.15, 0.2) is 42.5 Å². The molecule has 0 N–H and O–H groups in total. The van der Waals surface area contributed by atoms with E-state index >= 15 is 0 Å². The molecule has 2 saturated heterocycles. The predicted octanol–water partition coefficient (Wildman–Crippen LogP) is 4.64. The molecule has 2 aliphatic rings. The van der Waals surface area contributed by atoms with E-state index in [1.54, 1.807) is 11.3 Å². The van der Waals surface area contributed by atoms with Gasteiger partial charge in [0.2, 0.25) is 5.91 Å². The van der Waals surface area contributed by atoms with Gasteiger partial charge in [-0.25, -0.2) is 9.88 Å². The molecule has 0 spiro atoms. The van der Waals surface area contributed by atoms with Crippen LogP contribution in [0, 0.1) is 12.8 Å². The quantitative estimate of drug-likeness (QED) is 0.581. The van der Waals surface area contributed by atoms with Crippen LogP contribution >= 0.6 is 11.3 Å². The van der Waals surface area contributed by atoms with Gasteiger partial charge in [-0.3, -0.25) is 14.5 Å². The molecule has 2 fully saturated rings. The highest BCUT2D eigenvalue weighted by Gasteiger charge is 2.43. The van der Waals surface area contributed by atoms with Crippen LogP contribution in [0.1, 0.15) is 31.7 Å². The summed E-state index contributed by atoms with van der Waals surface area (Å²) in [4.78, 5) is 34.1. The fraction of sp³-hybridized carbons (Fsp3) is 0.375. The number of carbonyl (C=O) groups is 2. The summed E-state index contributed by atoms with van der Waals surface area (Å²) in [5, 5.41) is 0.946. The number of benzene rings is 2. The van der Waals surface area contributed by atoms with E-state index in [0.29, 0.717) is 11.6 Å². The lowest BCUT2D eigenvalue weighted by Gasteiger charge is -2.34. The van der Waals surface area contributed by atoms with Gasteiger partial charge in [0.25, 0.3) is 5.91 Å². The first-order valence-electron chi connectivity index (χ1n) is 10.6. The van der Waals surface area contributed by atoms with Crippen molar-refractivity contribution in [1.82, 2.24) is 9.88 Å². The molecule has 1 aromatic heterocycles. The normalized spacial score (nSPS) is 22.9. The zero-order valence-electron chi connectivity index (χ0n) is 17.3. The van der Waals surface area contributed by atoms with Crippen LogP contribution in [0.3, 0.4) is 0 Å². The summed E-state index contributed by atoms with van der Waals surface area (Å²) in [6.45, 7) is 6.09. The first kappa shape index (κ1) is 19.4. The van der Waals surface area contributed by atoms with E-state index < -0.39 is 0 Å². The number of hydrogen-bond acceptors (Lipinski definition) is 5. The summed E-state index contributed by atoms with van der Waals surface area (Å²) in [5.41, 5.74) is 3.86. The number of anilines is 1. The van der Waals surface area contributed by atoms with Crippen LogP contribution < -0.4 is 4.90 Å². The molecule has 30 heavy (non-hydrogen) atoms. The third-order valence-electron chi connectivity index (χ3n) is 6.17. The molecule has 2 aromatic carbocycles. The first-order valence-corrected chi connectivity index (χ1v) is 11.4. The number of likely N-dealkylation sites (tertiary alicyclic amines) is 1. The Morgan fingerprint density at radius 3 is 2.67 bits per heavy atom. The second kappa shape index (κ2) is 7.60. The highest BCUT2D eigenvalue weighted by Crippen LogP contribution is 2.33. The lowest BCUT2D eigenvalue weighted by Crippen LogP contribution is -2.46. The van der Waals surface area contributed by atoms with Crippen LogP contribution in [0.4, 0.5) is 5.69 Å². The van der Waals surface area contributed by atoms with Gasteiger partial charge in [0, 0.05) is 12.1 Å². The number of rotatable bonds is 3. The zero-order chi connectivity index (χ0) is 20.8. The van der Waals surface area contributed by atoms with Crippen molar-refractivity contribution in [3.05, 3.63) is 48.0 Å². The lowest BCUT2D eigenvalue weighted by molar-refractivity contribution is -0.123. The van der Waals surface area contributed by atoms with Gasteiger partial charge in [0.05, 0.1) is 28.4 Å². The monoisotopic (exact) mass is 419 g/mol. The maximum atomic E-state index is 13.1. The minimum absolute atomic E-state index is 0.0858. The molecule has 2 aliphatic heterocycles. The molecule has 2 amide bonds. The van der Waals surface area contributed by atoms with Gasteiger partial charge in [0.15, 0.2) is 0 Å². The highest BCUT2D eigenvalue weighted by molar-refractivity contribution is 7.21. The Labute approximate surface area is 180 Å². The van der Waals surface area contributed by atoms with Gasteiger partial charge in [-0.1, -0.05) is 13.0 Å². The second-order valence-corrected chi connectivity index (χ2v) is 9.60. The molecular weight excluding hydrogens is 394 g/mol. The number of nitrogens with zero attached hydrogens (tertiary/aromatic N) is 3. The molecule has 2 atom stereocenters. The Balaban J connectivity index is 1.38. The number of fused-ring (bicyclic) bond motifs is 1. The van der Waals surface area contributed by atoms with Crippen LogP contribution in [-0.4, -0.2) is 40.8 Å². The topological polar surface area (TPSA) is 53.5 Å². The SMILES string of the molecule is Cc1ccc2nc(-c3ccc(N4C(=O)C[C@@H](N5CCC[C@H](C)C5)C4=O)cc3)sc2c1. The van der Waals surface area contributed by atoms with Crippen molar-refractivity contribution in [1.29, 1.82) is 0 Å². The van der Waals surface area contributed by atoms with Gasteiger partial charge < -0.3 is 0 Å². The third-order valence-corrected chi connectivity index (χ3v) is 7.24. The van der Waals surface area contributed by atoms with Crippen molar-refractivity contribution < 1.29 is 9.59 Å². The minimum Gasteiger partial charge on any atom is -0.291 e. The summed E-state index contributed by atoms with van der Waals surface area (Å²) in [6.07, 6.45) is 2.57. The van der Waals surface area contributed by atoms with Crippen molar-refractivity contribution in [2.75, 3.05) is 18.0 Å². The minimum atomic E-state index is -0.313. The Hall–Kier alpha value is -2.57. The summed E-state index contributed by atoms with van der Waals surface area (Å²) < 4.78 is 1.16. The number of carbonyl (C=O) groups excluding carboxylic acids is 2. The Kier molecular flexibility index (Phi) is 4.91. The average Bonchev–Trinajstić information content (AvgIpc) is 3.28. The number of piperidine rings is 1. The Morgan fingerprint density at radius 1 is 1.10 bits per heavy atom. The molecule has 0 unspecified atom stereocenters. The van der Waals surface area contributed by atoms with E-state index in [1.165, 1.54) is 16.9 Å². The van der Waals surface area contributed by atoms with Gasteiger partial charge in [0.1, 0.15) is 5.01 Å². The molecule has 0 saturated carbocycles. The number of hydrogen-bond donors (Lipinski definition) is 0. The van der Waals surface area contributed by atoms with E-state index in [1.807, 2.05) is 30.3 Å². The van der Waals surface area contributed by atoms with E-state index in [-0.39, 0.29) is 24.3 Å². The molecule has 5 nitrogen and oxygen atoms in total. The number of thiazole rings is 1. The van der Waals surface area contributed by atoms with Gasteiger partial charge in [-0.15, -0.1) is 11.3 Å². The lowest BCUT2D eigenvalue weighted by atomic mass is 9.98. The summed E-state index contributed by atoms with van der Waals surface area (Å²) in [6, 6.07) is 13.6. The smallest absolute Gasteiger partial charge is 0.251 e. The molecule has 0 radical (unpaired) electrons. The van der Waals surface area contributed by atoms with Gasteiger partial charge in [-0.2, -0.15) is 0 Å². The van der Waals surface area contributed by atoms with E-state index in [2.05, 4.69) is 30.9 Å². The maximum Gasteiger partial charge on any atom is 0.251 e. The van der Waals surface area contributed by atoms with E-state index in [4.69, 9.17) is 4.98 Å². The van der Waals surface area contributed by atoms with Crippen molar-refractivity contribution >= 4 is 39.1 Å². The van der Waals surface area contributed by atoms with Crippen LogP contribution in [0.2, 0.25) is 0 Å². The third kappa shape index (κ3) is 3.44. The standard InChI is InChI=1S/C24H25N3O2S/c1-15-5-10-19-21(12-15)30-23(25-19)17-6-8-18(9-7-17)27-22(28)13-20(24(27)29)26-11-3-4-16(2)14-26/h5-10,12,16,20H,3-4,11,13-14H2,1-2H3/t16-,20+/m0/s1. The molecule has 3 heterocycles. The number of imide groups is 1. The van der Waals surface area contributed by atoms with Crippen molar-refractivity contribution in [3.8, 4) is 10.6 Å². The number of aromatic nitrogens is 1. The first-order chi connectivity index (χ1) is 14.5. The fourth-order valence-corrected chi connectivity index (χ4v) is 5.66. The van der Waals surface area contributed by atoms with Crippen molar-refractivity contribution in [2.24, 2.45) is 5.92 Å². The molecule has 6 heteroatoms. The summed E-state index contributed by atoms with van der Waals surface area (Å²) in [7, 11) is 0. The van der Waals surface area contributed by atoms with Gasteiger partial charge >= 0.3 is 0 Å². The maximum absolute atomic E-state index is 13.1. The van der Waals surface area contributed by atoms with Crippen LogP contribution in [0.25, 0.3) is 20.8 Å². The molecule has 3 aromatic rings. The molecule has 5 rings (SSSR count). The summed E-state index contributed by atoms with van der Waals surface area (Å²) >= 11 is 1.66. The van der Waals surface area contributed by atoms with E-state index in [0.717, 1.165) is 40.3 Å². The highest BCUT2D eigenvalue weighted by atomic mass is 32.1. The predicted molar refractivity (Wildman–Crippen MR) is 121 cm³/mol. The molecule has 0 bridgehead atoms. The van der Waals surface area contributed by atoms with Crippen LogP contribution in [-0.2, 0) is 9.59 Å².